The van der Waals surface area contributed by atoms with Gasteiger partial charge < -0.3 is 9.47 Å². The Hall–Kier alpha value is -1.77. The van der Waals surface area contributed by atoms with E-state index in [4.69, 9.17) is 9.47 Å². The van der Waals surface area contributed by atoms with Gasteiger partial charge in [-0.25, -0.2) is 12.8 Å². The molecule has 3 rings (SSSR count). The number of rotatable bonds is 5. The van der Waals surface area contributed by atoms with Gasteiger partial charge in [-0.2, -0.15) is 4.31 Å². The number of thioether (sulfide) groups is 1. The molecule has 0 saturated carbocycles. The van der Waals surface area contributed by atoms with E-state index in [1.54, 1.807) is 19.2 Å². The number of benzene rings is 2. The second kappa shape index (κ2) is 7.23. The minimum atomic E-state index is -3.71. The molecule has 0 aliphatic carbocycles. The van der Waals surface area contributed by atoms with Crippen molar-refractivity contribution in [1.82, 2.24) is 4.31 Å². The molecule has 134 valence electrons. The number of halogens is 1. The Balaban J connectivity index is 1.96. The Labute approximate surface area is 150 Å². The van der Waals surface area contributed by atoms with Crippen molar-refractivity contribution < 1.29 is 22.3 Å². The second-order valence-corrected chi connectivity index (χ2v) is 8.49. The van der Waals surface area contributed by atoms with E-state index in [2.05, 4.69) is 0 Å². The first-order valence-corrected chi connectivity index (χ1v) is 10.1. The summed E-state index contributed by atoms with van der Waals surface area (Å²) in [6, 6.07) is 10.3. The molecule has 5 nitrogen and oxygen atoms in total. The van der Waals surface area contributed by atoms with Gasteiger partial charge in [-0.3, -0.25) is 0 Å². The first-order valence-electron chi connectivity index (χ1n) is 7.58. The largest absolute Gasteiger partial charge is 0.493 e. The van der Waals surface area contributed by atoms with Crippen LogP contribution in [0.2, 0.25) is 0 Å². The third-order valence-corrected chi connectivity index (χ3v) is 7.23. The molecular weight excluding hydrogens is 365 g/mol. The third-order valence-electron chi connectivity index (χ3n) is 3.96. The molecule has 1 atom stereocenters. The van der Waals surface area contributed by atoms with E-state index in [1.807, 2.05) is 6.07 Å². The lowest BCUT2D eigenvalue weighted by Gasteiger charge is -2.24. The predicted octanol–water partition coefficient (Wildman–Crippen LogP) is 3.28. The predicted molar refractivity (Wildman–Crippen MR) is 95.0 cm³/mol. The maximum Gasteiger partial charge on any atom is 0.244 e. The standard InChI is InChI=1S/C17H18FNO4S2/c1-22-15-8-3-12(11-16(15)23-2)17-19(9-10-24-17)25(20,21)14-6-4-13(18)5-7-14/h3-8,11,17H,9-10H2,1-2H3/t17-/m0/s1. The highest BCUT2D eigenvalue weighted by Gasteiger charge is 2.37. The summed E-state index contributed by atoms with van der Waals surface area (Å²) in [6.07, 6.45) is 0. The molecule has 1 aliphatic heterocycles. The van der Waals surface area contributed by atoms with Crippen LogP contribution >= 0.6 is 11.8 Å². The molecule has 2 aromatic carbocycles. The maximum atomic E-state index is 13.1. The smallest absolute Gasteiger partial charge is 0.244 e. The van der Waals surface area contributed by atoms with Crippen LogP contribution in [-0.2, 0) is 10.0 Å². The SMILES string of the molecule is COc1ccc([C@@H]2SCCN2S(=O)(=O)c2ccc(F)cc2)cc1OC. The minimum Gasteiger partial charge on any atom is -0.493 e. The van der Waals surface area contributed by atoms with Crippen LogP contribution in [0.3, 0.4) is 0 Å². The summed E-state index contributed by atoms with van der Waals surface area (Å²) in [5.74, 6) is 1.35. The highest BCUT2D eigenvalue weighted by atomic mass is 32.2. The summed E-state index contributed by atoms with van der Waals surface area (Å²) in [4.78, 5) is 0.0851. The quantitative estimate of drug-likeness (QED) is 0.793. The molecule has 8 heteroatoms. The summed E-state index contributed by atoms with van der Waals surface area (Å²) < 4.78 is 51.0. The van der Waals surface area contributed by atoms with Gasteiger partial charge >= 0.3 is 0 Å². The first-order chi connectivity index (χ1) is 12.0. The second-order valence-electron chi connectivity index (χ2n) is 5.41. The van der Waals surface area contributed by atoms with Crippen LogP contribution in [0.1, 0.15) is 10.9 Å². The summed E-state index contributed by atoms with van der Waals surface area (Å²) in [7, 11) is -0.627. The fourth-order valence-corrected chi connectivity index (χ4v) is 5.94. The van der Waals surface area contributed by atoms with Crippen LogP contribution in [0.5, 0.6) is 11.5 Å². The van der Waals surface area contributed by atoms with Gasteiger partial charge in [-0.05, 0) is 42.0 Å². The van der Waals surface area contributed by atoms with Gasteiger partial charge in [0.1, 0.15) is 5.82 Å². The monoisotopic (exact) mass is 383 g/mol. The zero-order chi connectivity index (χ0) is 18.0. The Kier molecular flexibility index (Phi) is 5.21. The van der Waals surface area contributed by atoms with Crippen LogP contribution in [0.4, 0.5) is 4.39 Å². The molecule has 1 fully saturated rings. The Morgan fingerprint density at radius 1 is 1.08 bits per heavy atom. The van der Waals surface area contributed by atoms with Crippen molar-refractivity contribution in [3.63, 3.8) is 0 Å². The highest BCUT2D eigenvalue weighted by molar-refractivity contribution is 8.01. The first kappa shape index (κ1) is 18.0. The molecular formula is C17H18FNO4S2. The lowest BCUT2D eigenvalue weighted by atomic mass is 10.2. The summed E-state index contributed by atoms with van der Waals surface area (Å²) in [5, 5.41) is -0.366. The number of nitrogens with zero attached hydrogens (tertiary/aromatic N) is 1. The Morgan fingerprint density at radius 2 is 1.76 bits per heavy atom. The molecule has 0 N–H and O–H groups in total. The molecule has 1 saturated heterocycles. The van der Waals surface area contributed by atoms with Gasteiger partial charge in [0.15, 0.2) is 11.5 Å². The van der Waals surface area contributed by atoms with Crippen molar-refractivity contribution in [2.75, 3.05) is 26.5 Å². The molecule has 25 heavy (non-hydrogen) atoms. The molecule has 1 heterocycles. The van der Waals surface area contributed by atoms with Gasteiger partial charge in [0.25, 0.3) is 0 Å². The minimum absolute atomic E-state index is 0.0851. The van der Waals surface area contributed by atoms with Crippen molar-refractivity contribution in [1.29, 1.82) is 0 Å². The van der Waals surface area contributed by atoms with Crippen molar-refractivity contribution in [2.24, 2.45) is 0 Å². The van der Waals surface area contributed by atoms with Gasteiger partial charge in [0.2, 0.25) is 10.0 Å². The van der Waals surface area contributed by atoms with E-state index < -0.39 is 15.8 Å². The summed E-state index contributed by atoms with van der Waals surface area (Å²) in [5.41, 5.74) is 0.811. The van der Waals surface area contributed by atoms with Crippen LogP contribution in [0, 0.1) is 5.82 Å². The molecule has 1 aliphatic rings. The van der Waals surface area contributed by atoms with E-state index in [9.17, 15) is 12.8 Å². The number of methoxy groups -OCH3 is 2. The molecule has 0 radical (unpaired) electrons. The van der Waals surface area contributed by atoms with Crippen molar-refractivity contribution in [2.45, 2.75) is 10.3 Å². The lowest BCUT2D eigenvalue weighted by molar-refractivity contribution is 0.353. The zero-order valence-electron chi connectivity index (χ0n) is 13.8. The van der Waals surface area contributed by atoms with E-state index in [1.165, 1.54) is 35.3 Å². The summed E-state index contributed by atoms with van der Waals surface area (Å²) >= 11 is 1.54. The van der Waals surface area contributed by atoms with Crippen LogP contribution in [0.25, 0.3) is 0 Å². The molecule has 0 unspecified atom stereocenters. The van der Waals surface area contributed by atoms with Crippen molar-refractivity contribution >= 4 is 21.8 Å². The normalized spacial score (nSPS) is 18.3. The highest BCUT2D eigenvalue weighted by Crippen LogP contribution is 2.43. The fraction of sp³-hybridized carbons (Fsp3) is 0.294. The van der Waals surface area contributed by atoms with Gasteiger partial charge in [-0.15, -0.1) is 11.8 Å². The average Bonchev–Trinajstić information content (AvgIpc) is 3.12. The average molecular weight is 383 g/mol. The van der Waals surface area contributed by atoms with Crippen LogP contribution in [-0.4, -0.2) is 39.2 Å². The van der Waals surface area contributed by atoms with E-state index in [-0.39, 0.29) is 10.3 Å². The van der Waals surface area contributed by atoms with E-state index in [0.717, 1.165) is 17.7 Å². The van der Waals surface area contributed by atoms with Gasteiger partial charge in [0.05, 0.1) is 24.5 Å². The van der Waals surface area contributed by atoms with Crippen molar-refractivity contribution in [3.8, 4) is 11.5 Å². The van der Waals surface area contributed by atoms with Gasteiger partial charge in [0, 0.05) is 12.3 Å². The zero-order valence-corrected chi connectivity index (χ0v) is 15.4. The lowest BCUT2D eigenvalue weighted by Crippen LogP contribution is -2.30. The number of hydrogen-bond donors (Lipinski definition) is 0. The van der Waals surface area contributed by atoms with E-state index in [0.29, 0.717) is 23.8 Å². The maximum absolute atomic E-state index is 13.1. The third kappa shape index (κ3) is 3.47. The van der Waals surface area contributed by atoms with Crippen molar-refractivity contribution in [3.05, 3.63) is 53.8 Å². The fourth-order valence-electron chi connectivity index (χ4n) is 2.71. The van der Waals surface area contributed by atoms with Crippen LogP contribution < -0.4 is 9.47 Å². The Morgan fingerprint density at radius 3 is 2.40 bits per heavy atom. The van der Waals surface area contributed by atoms with Crippen LogP contribution in [0.15, 0.2) is 47.4 Å². The molecule has 0 spiro atoms. The van der Waals surface area contributed by atoms with E-state index >= 15 is 0 Å². The molecule has 0 amide bonds. The number of ether oxygens (including phenoxy) is 2. The number of sulfonamides is 1. The topological polar surface area (TPSA) is 55.8 Å². The Bertz CT molecular complexity index is 855. The summed E-state index contributed by atoms with van der Waals surface area (Å²) in [6.45, 7) is 0.392. The molecule has 2 aromatic rings. The van der Waals surface area contributed by atoms with Gasteiger partial charge in [-0.1, -0.05) is 6.07 Å². The molecule has 0 bridgehead atoms. The number of hydrogen-bond acceptors (Lipinski definition) is 5. The molecule has 0 aromatic heterocycles.